The van der Waals surface area contributed by atoms with Gasteiger partial charge in [-0.2, -0.15) is 0 Å². The molecule has 0 atom stereocenters. The zero-order valence-electron chi connectivity index (χ0n) is 16.9. The largest absolute Gasteiger partial charge is 0.345 e. The summed E-state index contributed by atoms with van der Waals surface area (Å²) in [5.74, 6) is 1.29. The van der Waals surface area contributed by atoms with Crippen molar-refractivity contribution in [3.8, 4) is 11.4 Å². The van der Waals surface area contributed by atoms with Crippen molar-refractivity contribution in [2.45, 2.75) is 45.9 Å². The van der Waals surface area contributed by atoms with Crippen LogP contribution in [0.5, 0.6) is 0 Å². The van der Waals surface area contributed by atoms with Crippen molar-refractivity contribution >= 4 is 17.5 Å². The Morgan fingerprint density at radius 2 is 1.93 bits per heavy atom. The number of nitrogens with zero attached hydrogens (tertiary/aromatic N) is 4. The van der Waals surface area contributed by atoms with Gasteiger partial charge in [0.2, 0.25) is 0 Å². The van der Waals surface area contributed by atoms with Crippen LogP contribution in [0.4, 0.5) is 0 Å². The van der Waals surface area contributed by atoms with E-state index >= 15 is 0 Å². The van der Waals surface area contributed by atoms with Crippen molar-refractivity contribution in [1.29, 1.82) is 0 Å². The summed E-state index contributed by atoms with van der Waals surface area (Å²) in [6.45, 7) is 13.4. The maximum atomic E-state index is 12.8. The molecule has 1 aromatic carbocycles. The molecule has 0 aliphatic rings. The molecule has 0 N–H and O–H groups in total. The third-order valence-electron chi connectivity index (χ3n) is 4.94. The number of hydrogen-bond acceptors (Lipinski definition) is 4. The topological polar surface area (TPSA) is 52.7 Å². The summed E-state index contributed by atoms with van der Waals surface area (Å²) in [6.07, 6.45) is 1.85. The zero-order chi connectivity index (χ0) is 20.3. The highest BCUT2D eigenvalue weighted by atomic mass is 32.2. The lowest BCUT2D eigenvalue weighted by Crippen LogP contribution is -2.07. The molecule has 5 nitrogen and oxygen atoms in total. The van der Waals surface area contributed by atoms with Crippen molar-refractivity contribution in [3.05, 3.63) is 65.5 Å². The Balaban J connectivity index is 1.80. The lowest BCUT2D eigenvalue weighted by molar-refractivity contribution is 0.102. The third kappa shape index (κ3) is 3.83. The number of carbonyl (C=O) groups excluding carboxylic acids is 1. The van der Waals surface area contributed by atoms with E-state index in [2.05, 4.69) is 51.9 Å². The van der Waals surface area contributed by atoms with Crippen LogP contribution in [0.15, 0.2) is 48.1 Å². The fraction of sp³-hybridized carbons (Fsp3) is 0.318. The monoisotopic (exact) mass is 394 g/mol. The minimum Gasteiger partial charge on any atom is -0.345 e. The van der Waals surface area contributed by atoms with Gasteiger partial charge in [0.25, 0.3) is 0 Å². The quantitative estimate of drug-likeness (QED) is 0.311. The molecule has 2 aromatic heterocycles. The molecule has 0 saturated heterocycles. The molecule has 146 valence electrons. The molecular weight excluding hydrogens is 368 g/mol. The molecule has 0 saturated carbocycles. The van der Waals surface area contributed by atoms with E-state index in [1.807, 2.05) is 38.1 Å². The number of thioether (sulfide) groups is 1. The Bertz CT molecular complexity index is 1020. The summed E-state index contributed by atoms with van der Waals surface area (Å²) in [7, 11) is 0. The van der Waals surface area contributed by atoms with Crippen LogP contribution in [0.25, 0.3) is 11.4 Å². The van der Waals surface area contributed by atoms with Gasteiger partial charge in [-0.15, -0.1) is 16.8 Å². The first kappa shape index (κ1) is 20.1. The zero-order valence-corrected chi connectivity index (χ0v) is 17.7. The molecule has 3 aromatic rings. The number of rotatable bonds is 8. The second-order valence-electron chi connectivity index (χ2n) is 6.76. The lowest BCUT2D eigenvalue weighted by Gasteiger charge is -2.09. The average Bonchev–Trinajstić information content (AvgIpc) is 3.22. The predicted molar refractivity (Wildman–Crippen MR) is 115 cm³/mol. The first-order valence-corrected chi connectivity index (χ1v) is 10.4. The molecule has 6 heteroatoms. The van der Waals surface area contributed by atoms with Gasteiger partial charge in [-0.3, -0.25) is 4.79 Å². The van der Waals surface area contributed by atoms with Gasteiger partial charge in [0.05, 0.1) is 5.75 Å². The van der Waals surface area contributed by atoms with Gasteiger partial charge >= 0.3 is 0 Å². The number of benzene rings is 1. The van der Waals surface area contributed by atoms with Crippen LogP contribution in [0.3, 0.4) is 0 Å². The van der Waals surface area contributed by atoms with E-state index in [9.17, 15) is 4.79 Å². The SMILES string of the molecule is C=CCn1c(C)cc(C(=O)CSc2nnc(-c3ccccc3C)n2CC)c1C. The van der Waals surface area contributed by atoms with E-state index in [1.54, 1.807) is 0 Å². The van der Waals surface area contributed by atoms with E-state index in [-0.39, 0.29) is 5.78 Å². The van der Waals surface area contributed by atoms with Gasteiger partial charge in [-0.25, -0.2) is 0 Å². The molecular formula is C22H26N4OS. The van der Waals surface area contributed by atoms with E-state index in [0.29, 0.717) is 12.3 Å². The summed E-state index contributed by atoms with van der Waals surface area (Å²) in [5, 5.41) is 9.52. The van der Waals surface area contributed by atoms with Crippen LogP contribution in [0.1, 0.15) is 34.2 Å². The molecule has 3 rings (SSSR count). The van der Waals surface area contributed by atoms with E-state index in [0.717, 1.165) is 45.6 Å². The van der Waals surface area contributed by atoms with Crippen LogP contribution >= 0.6 is 11.8 Å². The highest BCUT2D eigenvalue weighted by Crippen LogP contribution is 2.27. The average molecular weight is 395 g/mol. The van der Waals surface area contributed by atoms with Crippen molar-refractivity contribution in [2.75, 3.05) is 5.75 Å². The van der Waals surface area contributed by atoms with Gasteiger partial charge < -0.3 is 9.13 Å². The Labute approximate surface area is 170 Å². The van der Waals surface area contributed by atoms with Crippen LogP contribution < -0.4 is 0 Å². The lowest BCUT2D eigenvalue weighted by atomic mass is 10.1. The van der Waals surface area contributed by atoms with Gasteiger partial charge in [0, 0.05) is 35.6 Å². The minimum absolute atomic E-state index is 0.108. The van der Waals surface area contributed by atoms with Gasteiger partial charge in [-0.05, 0) is 39.3 Å². The molecule has 0 unspecified atom stereocenters. The summed E-state index contributed by atoms with van der Waals surface area (Å²) in [5.41, 5.74) is 5.06. The first-order chi connectivity index (χ1) is 13.5. The van der Waals surface area contributed by atoms with Crippen molar-refractivity contribution < 1.29 is 4.79 Å². The molecule has 0 radical (unpaired) electrons. The van der Waals surface area contributed by atoms with Crippen molar-refractivity contribution in [3.63, 3.8) is 0 Å². The Kier molecular flexibility index (Phi) is 6.19. The Morgan fingerprint density at radius 1 is 1.18 bits per heavy atom. The van der Waals surface area contributed by atoms with Gasteiger partial charge in [-0.1, -0.05) is 42.1 Å². The van der Waals surface area contributed by atoms with Crippen molar-refractivity contribution in [1.82, 2.24) is 19.3 Å². The number of allylic oxidation sites excluding steroid dienone is 1. The second-order valence-corrected chi connectivity index (χ2v) is 7.70. The Hall–Kier alpha value is -2.60. The molecule has 0 fully saturated rings. The molecule has 0 aliphatic heterocycles. The standard InChI is InChI=1S/C22H26N4OS/c1-6-12-26-16(4)13-19(17(26)5)20(27)14-28-22-24-23-21(25(22)7-2)18-11-9-8-10-15(18)3/h6,8-11,13H,1,7,12,14H2,2-5H3. The van der Waals surface area contributed by atoms with Crippen LogP contribution in [-0.4, -0.2) is 30.9 Å². The van der Waals surface area contributed by atoms with Crippen LogP contribution in [0.2, 0.25) is 0 Å². The Morgan fingerprint density at radius 3 is 2.61 bits per heavy atom. The number of carbonyl (C=O) groups is 1. The minimum atomic E-state index is 0.108. The first-order valence-electron chi connectivity index (χ1n) is 9.40. The fourth-order valence-electron chi connectivity index (χ4n) is 3.40. The normalized spacial score (nSPS) is 11.0. The number of Topliss-reactive ketones (excluding diaryl/α,β-unsaturated/α-hetero) is 1. The third-order valence-corrected chi connectivity index (χ3v) is 5.90. The number of hydrogen-bond donors (Lipinski definition) is 0. The summed E-state index contributed by atoms with van der Waals surface area (Å²) in [4.78, 5) is 12.8. The van der Waals surface area contributed by atoms with Gasteiger partial charge in [0.15, 0.2) is 16.8 Å². The van der Waals surface area contributed by atoms with Crippen molar-refractivity contribution in [2.24, 2.45) is 0 Å². The molecule has 28 heavy (non-hydrogen) atoms. The summed E-state index contributed by atoms with van der Waals surface area (Å²) in [6, 6.07) is 10.1. The molecule has 0 spiro atoms. The van der Waals surface area contributed by atoms with Crippen LogP contribution in [-0.2, 0) is 13.1 Å². The number of aromatic nitrogens is 4. The maximum absolute atomic E-state index is 12.8. The van der Waals surface area contributed by atoms with Gasteiger partial charge in [0.1, 0.15) is 0 Å². The van der Waals surface area contributed by atoms with E-state index < -0.39 is 0 Å². The smallest absolute Gasteiger partial charge is 0.191 e. The second kappa shape index (κ2) is 8.61. The molecule has 0 bridgehead atoms. The summed E-state index contributed by atoms with van der Waals surface area (Å²) < 4.78 is 4.18. The number of ketones is 1. The predicted octanol–water partition coefficient (Wildman–Crippen LogP) is 4.85. The molecule has 0 amide bonds. The number of aryl methyl sites for hydroxylation is 2. The summed E-state index contributed by atoms with van der Waals surface area (Å²) >= 11 is 1.44. The van der Waals surface area contributed by atoms with E-state index in [4.69, 9.17) is 0 Å². The maximum Gasteiger partial charge on any atom is 0.191 e. The highest BCUT2D eigenvalue weighted by molar-refractivity contribution is 7.99. The molecule has 2 heterocycles. The van der Waals surface area contributed by atoms with Crippen LogP contribution in [0, 0.1) is 20.8 Å². The van der Waals surface area contributed by atoms with E-state index in [1.165, 1.54) is 11.8 Å². The molecule has 0 aliphatic carbocycles. The fourth-order valence-corrected chi connectivity index (χ4v) is 4.29. The highest BCUT2D eigenvalue weighted by Gasteiger charge is 2.19.